The van der Waals surface area contributed by atoms with Crippen molar-refractivity contribution in [3.8, 4) is 0 Å². The lowest BCUT2D eigenvalue weighted by Gasteiger charge is -2.05. The number of nitrogen functional groups attached to an aromatic ring is 2. The summed E-state index contributed by atoms with van der Waals surface area (Å²) in [6.45, 7) is 4.21. The van der Waals surface area contributed by atoms with Crippen LogP contribution in [-0.4, -0.2) is 30.7 Å². The smallest absolute Gasteiger partial charge is 0.343 e. The molecule has 0 saturated heterocycles. The van der Waals surface area contributed by atoms with Crippen LogP contribution in [0.15, 0.2) is 0 Å². The van der Waals surface area contributed by atoms with E-state index in [1.807, 2.05) is 0 Å². The predicted molar refractivity (Wildman–Crippen MR) is 84.7 cm³/mol. The summed E-state index contributed by atoms with van der Waals surface area (Å²) in [4.78, 5) is 23.5. The van der Waals surface area contributed by atoms with Crippen LogP contribution in [0.25, 0.3) is 0 Å². The van der Waals surface area contributed by atoms with Gasteiger partial charge < -0.3 is 16.2 Å². The third-order valence-electron chi connectivity index (χ3n) is 3.04. The molecule has 0 bridgehead atoms. The normalized spacial score (nSPS) is 10.7. The van der Waals surface area contributed by atoms with Gasteiger partial charge in [0.15, 0.2) is 12.4 Å². The molecule has 124 valence electrons. The number of ether oxygens (including phenoxy) is 1. The van der Waals surface area contributed by atoms with Crippen molar-refractivity contribution in [2.24, 2.45) is 0 Å². The molecule has 2 rings (SSSR count). The van der Waals surface area contributed by atoms with Gasteiger partial charge in [-0.05, 0) is 13.3 Å². The van der Waals surface area contributed by atoms with Crippen molar-refractivity contribution < 1.29 is 9.53 Å². The summed E-state index contributed by atoms with van der Waals surface area (Å²) >= 11 is 6.21. The first-order valence-corrected chi connectivity index (χ1v) is 7.46. The van der Waals surface area contributed by atoms with Gasteiger partial charge in [0, 0.05) is 6.54 Å². The van der Waals surface area contributed by atoms with Gasteiger partial charge in [-0.25, -0.2) is 4.79 Å². The first-order valence-electron chi connectivity index (χ1n) is 7.08. The third-order valence-corrected chi connectivity index (χ3v) is 3.43. The quantitative estimate of drug-likeness (QED) is 0.753. The molecule has 0 amide bonds. The van der Waals surface area contributed by atoms with E-state index in [1.165, 1.54) is 0 Å². The van der Waals surface area contributed by atoms with E-state index < -0.39 is 5.97 Å². The second kappa shape index (κ2) is 7.23. The van der Waals surface area contributed by atoms with E-state index in [1.54, 1.807) is 11.6 Å². The van der Waals surface area contributed by atoms with Crippen LogP contribution in [0.2, 0.25) is 5.15 Å². The number of nitrogens with two attached hydrogens (primary N) is 2. The molecule has 0 radical (unpaired) electrons. The Morgan fingerprint density at radius 2 is 1.91 bits per heavy atom. The summed E-state index contributed by atoms with van der Waals surface area (Å²) in [6, 6.07) is 0. The van der Waals surface area contributed by atoms with E-state index in [9.17, 15) is 4.79 Å². The largest absolute Gasteiger partial charge is 0.454 e. The summed E-state index contributed by atoms with van der Waals surface area (Å²) in [6.07, 6.45) is 1.91. The van der Waals surface area contributed by atoms with Gasteiger partial charge in [-0.1, -0.05) is 24.9 Å². The molecule has 0 fully saturated rings. The van der Waals surface area contributed by atoms with Crippen LogP contribution in [0, 0.1) is 6.92 Å². The molecule has 10 heteroatoms. The molecule has 0 aliphatic rings. The van der Waals surface area contributed by atoms with Crippen molar-refractivity contribution >= 4 is 29.5 Å². The lowest BCUT2D eigenvalue weighted by atomic mass is 10.3. The Bertz CT molecular complexity index is 696. The number of aromatic nitrogens is 5. The van der Waals surface area contributed by atoms with E-state index in [2.05, 4.69) is 27.0 Å². The van der Waals surface area contributed by atoms with Crippen LogP contribution in [0.3, 0.4) is 0 Å². The minimum atomic E-state index is -0.604. The van der Waals surface area contributed by atoms with Crippen LogP contribution in [0.1, 0.15) is 41.6 Å². The Morgan fingerprint density at radius 3 is 2.52 bits per heavy atom. The number of aryl methyl sites for hydroxylation is 2. The van der Waals surface area contributed by atoms with Crippen LogP contribution in [-0.2, 0) is 17.9 Å². The number of hydrogen-bond acceptors (Lipinski definition) is 8. The fourth-order valence-electron chi connectivity index (χ4n) is 1.96. The number of anilines is 2. The molecule has 4 N–H and O–H groups in total. The highest BCUT2D eigenvalue weighted by atomic mass is 35.5. The molecule has 0 aliphatic heterocycles. The number of rotatable bonds is 6. The molecule has 0 atom stereocenters. The second-order valence-electron chi connectivity index (χ2n) is 4.87. The maximum atomic E-state index is 12.2. The van der Waals surface area contributed by atoms with Crippen LogP contribution in [0.5, 0.6) is 0 Å². The first-order chi connectivity index (χ1) is 10.9. The molecule has 0 aromatic carbocycles. The van der Waals surface area contributed by atoms with Crippen molar-refractivity contribution in [2.75, 3.05) is 11.5 Å². The zero-order chi connectivity index (χ0) is 17.0. The zero-order valence-electron chi connectivity index (χ0n) is 12.9. The van der Waals surface area contributed by atoms with Gasteiger partial charge in [-0.3, -0.25) is 4.68 Å². The van der Waals surface area contributed by atoms with Crippen LogP contribution in [0.4, 0.5) is 11.9 Å². The van der Waals surface area contributed by atoms with E-state index in [0.717, 1.165) is 12.8 Å². The lowest BCUT2D eigenvalue weighted by molar-refractivity contribution is 0.0461. The standard InChI is InChI=1S/C13H18ClN7O2/c1-3-4-5-21-10(14)9(7(2)20-21)11(22)23-6-8-17-12(15)19-13(16)18-8/h3-6H2,1-2H3,(H4,15,16,17,18,19). The highest BCUT2D eigenvalue weighted by Gasteiger charge is 2.22. The molecule has 9 nitrogen and oxygen atoms in total. The minimum absolute atomic E-state index is 0.0369. The van der Waals surface area contributed by atoms with Crippen molar-refractivity contribution in [3.05, 3.63) is 22.2 Å². The summed E-state index contributed by atoms with van der Waals surface area (Å²) in [5.74, 6) is -0.515. The number of carbonyl (C=O) groups excluding carboxylic acids is 1. The Balaban J connectivity index is 2.10. The average molecular weight is 340 g/mol. The molecule has 2 aromatic rings. The van der Waals surface area contributed by atoms with E-state index in [0.29, 0.717) is 12.2 Å². The van der Waals surface area contributed by atoms with Crippen LogP contribution >= 0.6 is 11.6 Å². The first kappa shape index (κ1) is 16.9. The van der Waals surface area contributed by atoms with Gasteiger partial charge in [0.1, 0.15) is 10.7 Å². The zero-order valence-corrected chi connectivity index (χ0v) is 13.7. The molecule has 0 saturated carbocycles. The average Bonchev–Trinajstić information content (AvgIpc) is 2.76. The van der Waals surface area contributed by atoms with E-state index in [4.69, 9.17) is 27.8 Å². The molecule has 0 unspecified atom stereocenters. The molecular weight excluding hydrogens is 322 g/mol. The van der Waals surface area contributed by atoms with Crippen molar-refractivity contribution in [3.63, 3.8) is 0 Å². The Labute approximate surface area is 138 Å². The number of halogens is 1. The van der Waals surface area contributed by atoms with Crippen molar-refractivity contribution in [2.45, 2.75) is 39.8 Å². The van der Waals surface area contributed by atoms with Gasteiger partial charge in [-0.15, -0.1) is 0 Å². The summed E-state index contributed by atoms with van der Waals surface area (Å²) in [5.41, 5.74) is 11.7. The fourth-order valence-corrected chi connectivity index (χ4v) is 2.30. The van der Waals surface area contributed by atoms with Gasteiger partial charge in [0.05, 0.1) is 5.69 Å². The van der Waals surface area contributed by atoms with E-state index >= 15 is 0 Å². The van der Waals surface area contributed by atoms with Crippen molar-refractivity contribution in [1.82, 2.24) is 24.7 Å². The maximum absolute atomic E-state index is 12.2. The SMILES string of the molecule is CCCCn1nc(C)c(C(=O)OCc2nc(N)nc(N)n2)c1Cl. The van der Waals surface area contributed by atoms with Gasteiger partial charge in [-0.2, -0.15) is 20.1 Å². The van der Waals surface area contributed by atoms with Crippen molar-refractivity contribution in [1.29, 1.82) is 0 Å². The van der Waals surface area contributed by atoms with Gasteiger partial charge in [0.2, 0.25) is 11.9 Å². The number of esters is 1. The number of nitrogens with zero attached hydrogens (tertiary/aromatic N) is 5. The summed E-state index contributed by atoms with van der Waals surface area (Å²) < 4.78 is 6.76. The topological polar surface area (TPSA) is 135 Å². The van der Waals surface area contributed by atoms with Gasteiger partial charge in [0.25, 0.3) is 0 Å². The number of carbonyl (C=O) groups is 1. The predicted octanol–water partition coefficient (Wildman–Crippen LogP) is 1.35. The Hall–Kier alpha value is -2.42. The highest BCUT2D eigenvalue weighted by molar-refractivity contribution is 6.32. The molecule has 0 spiro atoms. The minimum Gasteiger partial charge on any atom is -0.454 e. The molecule has 0 aliphatic carbocycles. The Morgan fingerprint density at radius 1 is 1.26 bits per heavy atom. The summed E-state index contributed by atoms with van der Waals surface area (Å²) in [7, 11) is 0. The second-order valence-corrected chi connectivity index (χ2v) is 5.23. The van der Waals surface area contributed by atoms with Crippen LogP contribution < -0.4 is 11.5 Å². The maximum Gasteiger partial charge on any atom is 0.343 e. The molecular formula is C13H18ClN7O2. The highest BCUT2D eigenvalue weighted by Crippen LogP contribution is 2.21. The fraction of sp³-hybridized carbons (Fsp3) is 0.462. The van der Waals surface area contributed by atoms with Gasteiger partial charge >= 0.3 is 5.97 Å². The number of unbranched alkanes of at least 4 members (excludes halogenated alkanes) is 1. The lowest BCUT2D eigenvalue weighted by Crippen LogP contribution is -2.11. The Kier molecular flexibility index (Phi) is 5.32. The third kappa shape index (κ3) is 4.07. The summed E-state index contributed by atoms with van der Waals surface area (Å²) in [5, 5.41) is 4.51. The molecule has 23 heavy (non-hydrogen) atoms. The monoisotopic (exact) mass is 339 g/mol. The number of hydrogen-bond donors (Lipinski definition) is 2. The van der Waals surface area contributed by atoms with E-state index in [-0.39, 0.29) is 35.0 Å². The molecule has 2 heterocycles. The molecule has 2 aromatic heterocycles.